The summed E-state index contributed by atoms with van der Waals surface area (Å²) < 4.78 is 27.7. The molecule has 1 aliphatic rings. The van der Waals surface area contributed by atoms with Crippen LogP contribution in [0.4, 0.5) is 13.6 Å². The molecular formula is C18H13F2N3O2S2. The number of thiophene rings is 1. The molecule has 3 aromatic rings. The van der Waals surface area contributed by atoms with Gasteiger partial charge in [0, 0.05) is 21.9 Å². The smallest absolute Gasteiger partial charge is 0.319 e. The van der Waals surface area contributed by atoms with Crippen LogP contribution in [0.5, 0.6) is 0 Å². The van der Waals surface area contributed by atoms with E-state index in [1.165, 1.54) is 18.3 Å². The summed E-state index contributed by atoms with van der Waals surface area (Å²) in [6.45, 7) is 1.32. The van der Waals surface area contributed by atoms with Gasteiger partial charge in [-0.1, -0.05) is 0 Å². The molecule has 0 radical (unpaired) electrons. The van der Waals surface area contributed by atoms with E-state index in [9.17, 15) is 18.4 Å². The maximum atomic E-state index is 14.2. The van der Waals surface area contributed by atoms with Gasteiger partial charge < -0.3 is 5.32 Å². The van der Waals surface area contributed by atoms with Crippen molar-refractivity contribution in [1.29, 1.82) is 0 Å². The van der Waals surface area contributed by atoms with Crippen LogP contribution in [0.1, 0.15) is 18.2 Å². The van der Waals surface area contributed by atoms with Crippen molar-refractivity contribution in [3.63, 3.8) is 0 Å². The molecule has 3 heterocycles. The third kappa shape index (κ3) is 3.02. The minimum absolute atomic E-state index is 0.0438. The number of nitrogens with zero attached hydrogens (tertiary/aromatic N) is 2. The fourth-order valence-electron chi connectivity index (χ4n) is 2.96. The molecule has 0 unspecified atom stereocenters. The summed E-state index contributed by atoms with van der Waals surface area (Å²) >= 11 is 2.96. The maximum absolute atomic E-state index is 14.2. The first-order valence-corrected chi connectivity index (χ1v) is 9.77. The van der Waals surface area contributed by atoms with Gasteiger partial charge in [0.2, 0.25) is 0 Å². The third-order valence-electron chi connectivity index (χ3n) is 4.38. The van der Waals surface area contributed by atoms with Crippen molar-refractivity contribution in [1.82, 2.24) is 15.2 Å². The number of halogens is 2. The van der Waals surface area contributed by atoms with E-state index in [2.05, 4.69) is 10.3 Å². The standard InChI is InChI=1S/C18H13F2N3O2S2/c1-18(13-6-11(19)2-3-14(13)20)16(24)23(17(25)22-18)7-12-9-27-15(21-12)10-4-5-26-8-10/h2-6,8-9H,7H2,1H3,(H,22,25)/t18-/m1/s1. The summed E-state index contributed by atoms with van der Waals surface area (Å²) in [6.07, 6.45) is 0. The van der Waals surface area contributed by atoms with Gasteiger partial charge in [-0.3, -0.25) is 9.69 Å². The molecule has 1 N–H and O–H groups in total. The number of imide groups is 1. The lowest BCUT2D eigenvalue weighted by Crippen LogP contribution is -2.41. The van der Waals surface area contributed by atoms with Crippen LogP contribution in [-0.2, 0) is 16.9 Å². The largest absolute Gasteiger partial charge is 0.325 e. The predicted octanol–water partition coefficient (Wildman–Crippen LogP) is 4.12. The fourth-order valence-corrected chi connectivity index (χ4v) is 4.49. The summed E-state index contributed by atoms with van der Waals surface area (Å²) in [4.78, 5) is 30.7. The summed E-state index contributed by atoms with van der Waals surface area (Å²) in [6, 6.07) is 4.09. The summed E-state index contributed by atoms with van der Waals surface area (Å²) in [5.74, 6) is -2.10. The highest BCUT2D eigenvalue weighted by atomic mass is 32.1. The Hall–Kier alpha value is -2.65. The highest BCUT2D eigenvalue weighted by molar-refractivity contribution is 7.14. The van der Waals surface area contributed by atoms with Crippen molar-refractivity contribution < 1.29 is 18.4 Å². The van der Waals surface area contributed by atoms with E-state index >= 15 is 0 Å². The van der Waals surface area contributed by atoms with Crippen LogP contribution in [0.2, 0.25) is 0 Å². The van der Waals surface area contributed by atoms with E-state index in [-0.39, 0.29) is 12.1 Å². The van der Waals surface area contributed by atoms with Crippen LogP contribution in [0.15, 0.2) is 40.4 Å². The predicted molar refractivity (Wildman–Crippen MR) is 98.2 cm³/mol. The number of hydrogen-bond donors (Lipinski definition) is 1. The molecule has 0 saturated carbocycles. The van der Waals surface area contributed by atoms with Gasteiger partial charge in [0.25, 0.3) is 5.91 Å². The zero-order chi connectivity index (χ0) is 19.2. The molecule has 1 atom stereocenters. The second-order valence-electron chi connectivity index (χ2n) is 6.23. The zero-order valence-corrected chi connectivity index (χ0v) is 15.7. The van der Waals surface area contributed by atoms with E-state index in [0.29, 0.717) is 5.69 Å². The number of rotatable bonds is 4. The normalized spacial score (nSPS) is 19.6. The number of aromatic nitrogens is 1. The Morgan fingerprint density at radius 3 is 2.78 bits per heavy atom. The van der Waals surface area contributed by atoms with Gasteiger partial charge >= 0.3 is 6.03 Å². The summed E-state index contributed by atoms with van der Waals surface area (Å²) in [7, 11) is 0. The quantitative estimate of drug-likeness (QED) is 0.665. The lowest BCUT2D eigenvalue weighted by Gasteiger charge is -2.22. The molecular weight excluding hydrogens is 392 g/mol. The SMILES string of the molecule is C[C@]1(c2cc(F)ccc2F)NC(=O)N(Cc2csc(-c3ccsc3)n2)C1=O. The molecule has 5 nitrogen and oxygen atoms in total. The van der Waals surface area contributed by atoms with Crippen molar-refractivity contribution in [2.75, 3.05) is 0 Å². The number of nitrogens with one attached hydrogen (secondary N) is 1. The molecule has 3 amide bonds. The fraction of sp³-hybridized carbons (Fsp3) is 0.167. The summed E-state index contributed by atoms with van der Waals surface area (Å²) in [5.41, 5.74) is -0.357. The monoisotopic (exact) mass is 405 g/mol. The second kappa shape index (κ2) is 6.50. The molecule has 1 aliphatic heterocycles. The van der Waals surface area contributed by atoms with E-state index in [1.54, 1.807) is 16.7 Å². The van der Waals surface area contributed by atoms with Gasteiger partial charge in [0.1, 0.15) is 22.2 Å². The van der Waals surface area contributed by atoms with Crippen LogP contribution in [0.3, 0.4) is 0 Å². The van der Waals surface area contributed by atoms with Gasteiger partial charge in [0.15, 0.2) is 0 Å². The molecule has 138 valence electrons. The van der Waals surface area contributed by atoms with Gasteiger partial charge in [0.05, 0.1) is 12.2 Å². The van der Waals surface area contributed by atoms with Crippen molar-refractivity contribution in [3.8, 4) is 10.6 Å². The highest BCUT2D eigenvalue weighted by Crippen LogP contribution is 2.33. The van der Waals surface area contributed by atoms with Crippen molar-refractivity contribution >= 4 is 34.6 Å². The molecule has 0 bridgehead atoms. The van der Waals surface area contributed by atoms with Gasteiger partial charge in [-0.05, 0) is 36.6 Å². The molecule has 1 saturated heterocycles. The average molecular weight is 405 g/mol. The van der Waals surface area contributed by atoms with Crippen molar-refractivity contribution in [3.05, 3.63) is 63.3 Å². The number of carbonyl (C=O) groups excluding carboxylic acids is 2. The first-order valence-electron chi connectivity index (χ1n) is 7.95. The number of carbonyl (C=O) groups is 2. The molecule has 9 heteroatoms. The van der Waals surface area contributed by atoms with Crippen LogP contribution in [0, 0.1) is 11.6 Å². The summed E-state index contributed by atoms with van der Waals surface area (Å²) in [5, 5.41) is 8.93. The van der Waals surface area contributed by atoms with Crippen molar-refractivity contribution in [2.24, 2.45) is 0 Å². The topological polar surface area (TPSA) is 62.3 Å². The first kappa shape index (κ1) is 17.7. The average Bonchev–Trinajstić information content (AvgIpc) is 3.35. The lowest BCUT2D eigenvalue weighted by atomic mass is 9.91. The van der Waals surface area contributed by atoms with Gasteiger partial charge in [-0.25, -0.2) is 18.6 Å². The first-order chi connectivity index (χ1) is 12.9. The number of urea groups is 1. The number of hydrogen-bond acceptors (Lipinski definition) is 5. The third-order valence-corrected chi connectivity index (χ3v) is 6.01. The van der Waals surface area contributed by atoms with Crippen LogP contribution < -0.4 is 5.32 Å². The number of benzene rings is 1. The number of thiazole rings is 1. The Morgan fingerprint density at radius 1 is 1.22 bits per heavy atom. The maximum Gasteiger partial charge on any atom is 0.325 e. The van der Waals surface area contributed by atoms with Crippen molar-refractivity contribution in [2.45, 2.75) is 19.0 Å². The lowest BCUT2D eigenvalue weighted by molar-refractivity contribution is -0.131. The minimum atomic E-state index is -1.67. The molecule has 1 aromatic carbocycles. The minimum Gasteiger partial charge on any atom is -0.319 e. The molecule has 4 rings (SSSR count). The van der Waals surface area contributed by atoms with E-state index in [0.717, 1.165) is 33.7 Å². The van der Waals surface area contributed by atoms with E-state index in [1.807, 2.05) is 16.8 Å². The van der Waals surface area contributed by atoms with Crippen LogP contribution in [0.25, 0.3) is 10.6 Å². The van der Waals surface area contributed by atoms with E-state index in [4.69, 9.17) is 0 Å². The molecule has 2 aromatic heterocycles. The molecule has 27 heavy (non-hydrogen) atoms. The molecule has 0 aliphatic carbocycles. The Balaban J connectivity index is 1.61. The Kier molecular flexibility index (Phi) is 4.27. The number of amides is 3. The Labute approximate surface area is 161 Å². The van der Waals surface area contributed by atoms with E-state index < -0.39 is 29.1 Å². The van der Waals surface area contributed by atoms with Gasteiger partial charge in [-0.2, -0.15) is 11.3 Å². The van der Waals surface area contributed by atoms with Crippen LogP contribution >= 0.6 is 22.7 Å². The zero-order valence-electron chi connectivity index (χ0n) is 14.0. The highest BCUT2D eigenvalue weighted by Gasteiger charge is 2.50. The second-order valence-corrected chi connectivity index (χ2v) is 7.86. The van der Waals surface area contributed by atoms with Gasteiger partial charge in [-0.15, -0.1) is 11.3 Å². The molecule has 1 fully saturated rings. The molecule has 0 spiro atoms. The Bertz CT molecular complexity index is 1040. The van der Waals surface area contributed by atoms with Crippen LogP contribution in [-0.4, -0.2) is 21.8 Å². The Morgan fingerprint density at radius 2 is 2.04 bits per heavy atom.